The zero-order valence-electron chi connectivity index (χ0n) is 14.1. The van der Waals surface area contributed by atoms with Crippen LogP contribution in [0.25, 0.3) is 10.9 Å². The van der Waals surface area contributed by atoms with E-state index in [0.717, 1.165) is 23.0 Å². The molecule has 0 saturated heterocycles. The first kappa shape index (κ1) is 18.5. The van der Waals surface area contributed by atoms with Gasteiger partial charge in [0, 0.05) is 17.3 Å². The summed E-state index contributed by atoms with van der Waals surface area (Å²) in [6, 6.07) is 13.0. The molecule has 0 spiro atoms. The number of halogens is 3. The van der Waals surface area contributed by atoms with Crippen LogP contribution in [0.2, 0.25) is 0 Å². The number of ether oxygens (including phenoxy) is 1. The number of para-hydroxylation sites is 1. The standard InChI is InChI=1S/C19H16F3N3O2/c20-19(21,22)14-6-8-15(9-7-14)25-18(26)24-11-12-27-16-5-1-3-13-4-2-10-23-17(13)16/h1-10H,11-12H2,(H2,24,25,26). The van der Waals surface area contributed by atoms with Gasteiger partial charge in [0.25, 0.3) is 0 Å². The highest BCUT2D eigenvalue weighted by Crippen LogP contribution is 2.29. The number of fused-ring (bicyclic) bond motifs is 1. The number of rotatable bonds is 5. The molecule has 0 aliphatic rings. The fourth-order valence-electron chi connectivity index (χ4n) is 2.44. The van der Waals surface area contributed by atoms with Crippen LogP contribution in [0.1, 0.15) is 5.56 Å². The van der Waals surface area contributed by atoms with Crippen molar-refractivity contribution in [2.24, 2.45) is 0 Å². The minimum atomic E-state index is -4.41. The van der Waals surface area contributed by atoms with Gasteiger partial charge in [-0.25, -0.2) is 4.79 Å². The van der Waals surface area contributed by atoms with Crippen molar-refractivity contribution in [3.8, 4) is 5.75 Å². The Morgan fingerprint density at radius 3 is 2.52 bits per heavy atom. The van der Waals surface area contributed by atoms with Gasteiger partial charge in [-0.3, -0.25) is 4.98 Å². The van der Waals surface area contributed by atoms with E-state index in [0.29, 0.717) is 5.75 Å². The minimum absolute atomic E-state index is 0.218. The molecule has 1 heterocycles. The summed E-state index contributed by atoms with van der Waals surface area (Å²) < 4.78 is 43.2. The van der Waals surface area contributed by atoms with Gasteiger partial charge in [0.05, 0.1) is 12.1 Å². The van der Waals surface area contributed by atoms with Crippen LogP contribution in [-0.2, 0) is 6.18 Å². The number of urea groups is 1. The Labute approximate surface area is 153 Å². The quantitative estimate of drug-likeness (QED) is 0.648. The van der Waals surface area contributed by atoms with E-state index in [1.54, 1.807) is 12.3 Å². The molecule has 3 aromatic rings. The van der Waals surface area contributed by atoms with Gasteiger partial charge in [-0.05, 0) is 36.4 Å². The maximum absolute atomic E-state index is 12.5. The number of alkyl halides is 3. The van der Waals surface area contributed by atoms with Gasteiger partial charge in [-0.2, -0.15) is 13.2 Å². The molecule has 140 valence electrons. The van der Waals surface area contributed by atoms with Crippen molar-refractivity contribution >= 4 is 22.6 Å². The number of anilines is 1. The van der Waals surface area contributed by atoms with E-state index in [9.17, 15) is 18.0 Å². The predicted molar refractivity (Wildman–Crippen MR) is 95.7 cm³/mol. The topological polar surface area (TPSA) is 63.2 Å². The average Bonchev–Trinajstić information content (AvgIpc) is 2.65. The second-order valence-electron chi connectivity index (χ2n) is 5.64. The number of hydrogen-bond acceptors (Lipinski definition) is 3. The third-order valence-corrected chi connectivity index (χ3v) is 3.71. The number of benzene rings is 2. The first-order valence-electron chi connectivity index (χ1n) is 8.12. The summed E-state index contributed by atoms with van der Waals surface area (Å²) in [5.74, 6) is 0.609. The maximum atomic E-state index is 12.5. The molecule has 3 rings (SSSR count). The number of pyridine rings is 1. The fraction of sp³-hybridized carbons (Fsp3) is 0.158. The molecular weight excluding hydrogens is 359 g/mol. The number of carbonyl (C=O) groups is 1. The van der Waals surface area contributed by atoms with Crippen molar-refractivity contribution in [3.63, 3.8) is 0 Å². The normalized spacial score (nSPS) is 11.2. The molecule has 2 aromatic carbocycles. The summed E-state index contributed by atoms with van der Waals surface area (Å²) in [4.78, 5) is 16.1. The van der Waals surface area contributed by atoms with Crippen LogP contribution in [0.4, 0.5) is 23.7 Å². The van der Waals surface area contributed by atoms with Crippen molar-refractivity contribution in [2.75, 3.05) is 18.5 Å². The lowest BCUT2D eigenvalue weighted by Gasteiger charge is -2.11. The van der Waals surface area contributed by atoms with Crippen molar-refractivity contribution < 1.29 is 22.7 Å². The molecule has 2 N–H and O–H groups in total. The average molecular weight is 375 g/mol. The summed E-state index contributed by atoms with van der Waals surface area (Å²) in [5, 5.41) is 5.99. The highest BCUT2D eigenvalue weighted by Gasteiger charge is 2.29. The van der Waals surface area contributed by atoms with Crippen LogP contribution < -0.4 is 15.4 Å². The van der Waals surface area contributed by atoms with Crippen molar-refractivity contribution in [1.29, 1.82) is 0 Å². The molecule has 0 fully saturated rings. The van der Waals surface area contributed by atoms with Gasteiger partial charge in [0.2, 0.25) is 0 Å². The Morgan fingerprint density at radius 1 is 1.04 bits per heavy atom. The van der Waals surface area contributed by atoms with Crippen LogP contribution in [0, 0.1) is 0 Å². The SMILES string of the molecule is O=C(NCCOc1cccc2cccnc12)Nc1ccc(C(F)(F)F)cc1. The van der Waals surface area contributed by atoms with Gasteiger partial charge in [0.1, 0.15) is 17.9 Å². The summed E-state index contributed by atoms with van der Waals surface area (Å²) >= 11 is 0. The lowest BCUT2D eigenvalue weighted by Crippen LogP contribution is -2.32. The number of hydrogen-bond donors (Lipinski definition) is 2. The zero-order valence-corrected chi connectivity index (χ0v) is 14.1. The molecule has 27 heavy (non-hydrogen) atoms. The summed E-state index contributed by atoms with van der Waals surface area (Å²) in [5.41, 5.74) is 0.222. The largest absolute Gasteiger partial charge is 0.489 e. The second-order valence-corrected chi connectivity index (χ2v) is 5.64. The molecule has 0 bridgehead atoms. The van der Waals surface area contributed by atoms with Crippen LogP contribution in [-0.4, -0.2) is 24.2 Å². The molecule has 0 radical (unpaired) electrons. The minimum Gasteiger partial charge on any atom is -0.489 e. The Bertz CT molecular complexity index is 922. The molecular formula is C19H16F3N3O2. The van der Waals surface area contributed by atoms with Crippen molar-refractivity contribution in [1.82, 2.24) is 10.3 Å². The van der Waals surface area contributed by atoms with Gasteiger partial charge in [-0.15, -0.1) is 0 Å². The maximum Gasteiger partial charge on any atom is 0.416 e. The molecule has 0 saturated carbocycles. The van der Waals surface area contributed by atoms with E-state index in [1.165, 1.54) is 12.1 Å². The molecule has 0 aliphatic heterocycles. The number of nitrogens with one attached hydrogen (secondary N) is 2. The van der Waals surface area contributed by atoms with E-state index < -0.39 is 17.8 Å². The number of aromatic nitrogens is 1. The third kappa shape index (κ3) is 4.87. The zero-order chi connectivity index (χ0) is 19.3. The smallest absolute Gasteiger partial charge is 0.416 e. The van der Waals surface area contributed by atoms with E-state index >= 15 is 0 Å². The lowest BCUT2D eigenvalue weighted by atomic mass is 10.2. The van der Waals surface area contributed by atoms with Gasteiger partial charge < -0.3 is 15.4 Å². The summed E-state index contributed by atoms with van der Waals surface area (Å²) in [7, 11) is 0. The first-order valence-corrected chi connectivity index (χ1v) is 8.12. The monoisotopic (exact) mass is 375 g/mol. The first-order chi connectivity index (χ1) is 12.9. The van der Waals surface area contributed by atoms with Crippen LogP contribution >= 0.6 is 0 Å². The third-order valence-electron chi connectivity index (χ3n) is 3.71. The van der Waals surface area contributed by atoms with Gasteiger partial charge in [-0.1, -0.05) is 18.2 Å². The van der Waals surface area contributed by atoms with Crippen LogP contribution in [0.5, 0.6) is 5.75 Å². The van der Waals surface area contributed by atoms with E-state index in [4.69, 9.17) is 4.74 Å². The Morgan fingerprint density at radius 2 is 1.78 bits per heavy atom. The number of nitrogens with zero attached hydrogens (tertiary/aromatic N) is 1. The van der Waals surface area contributed by atoms with Crippen molar-refractivity contribution in [2.45, 2.75) is 6.18 Å². The van der Waals surface area contributed by atoms with Crippen LogP contribution in [0.3, 0.4) is 0 Å². The molecule has 5 nitrogen and oxygen atoms in total. The van der Waals surface area contributed by atoms with Crippen molar-refractivity contribution in [3.05, 3.63) is 66.4 Å². The number of amides is 2. The van der Waals surface area contributed by atoms with E-state index in [-0.39, 0.29) is 18.8 Å². The highest BCUT2D eigenvalue weighted by atomic mass is 19.4. The van der Waals surface area contributed by atoms with Gasteiger partial charge >= 0.3 is 12.2 Å². The summed E-state index contributed by atoms with van der Waals surface area (Å²) in [6.07, 6.45) is -2.74. The number of carbonyl (C=O) groups excluding carboxylic acids is 1. The molecule has 0 aliphatic carbocycles. The second kappa shape index (κ2) is 7.94. The Balaban J connectivity index is 1.47. The molecule has 0 unspecified atom stereocenters. The van der Waals surface area contributed by atoms with Gasteiger partial charge in [0.15, 0.2) is 0 Å². The Hall–Kier alpha value is -3.29. The Kier molecular flexibility index (Phi) is 5.44. The fourth-order valence-corrected chi connectivity index (χ4v) is 2.44. The molecule has 8 heteroatoms. The molecule has 2 amide bonds. The molecule has 1 aromatic heterocycles. The van der Waals surface area contributed by atoms with Crippen LogP contribution in [0.15, 0.2) is 60.8 Å². The lowest BCUT2D eigenvalue weighted by molar-refractivity contribution is -0.137. The van der Waals surface area contributed by atoms with E-state index in [2.05, 4.69) is 15.6 Å². The molecule has 0 atom stereocenters. The summed E-state index contributed by atoms with van der Waals surface area (Å²) in [6.45, 7) is 0.436. The van der Waals surface area contributed by atoms with E-state index in [1.807, 2.05) is 24.3 Å². The highest BCUT2D eigenvalue weighted by molar-refractivity contribution is 5.89. The predicted octanol–water partition coefficient (Wildman–Crippen LogP) is 4.45.